The zero-order chi connectivity index (χ0) is 15.6. The fourth-order valence-electron chi connectivity index (χ4n) is 2.88. The number of methoxy groups -OCH3 is 1. The predicted octanol–water partition coefficient (Wildman–Crippen LogP) is 2.51. The van der Waals surface area contributed by atoms with E-state index in [1.165, 1.54) is 0 Å². The number of aryl methyl sites for hydroxylation is 1. The van der Waals surface area contributed by atoms with E-state index in [0.717, 1.165) is 27.9 Å². The van der Waals surface area contributed by atoms with E-state index < -0.39 is 5.60 Å². The molecule has 1 aromatic carbocycles. The van der Waals surface area contributed by atoms with Gasteiger partial charge in [-0.2, -0.15) is 0 Å². The highest BCUT2D eigenvalue weighted by atomic mass is 16.5. The van der Waals surface area contributed by atoms with Crippen LogP contribution in [0.1, 0.15) is 18.4 Å². The zero-order valence-corrected chi connectivity index (χ0v) is 13.1. The van der Waals surface area contributed by atoms with E-state index in [9.17, 15) is 5.11 Å². The molecule has 22 heavy (non-hydrogen) atoms. The lowest BCUT2D eigenvalue weighted by Crippen LogP contribution is -2.42. The van der Waals surface area contributed by atoms with E-state index in [0.29, 0.717) is 32.6 Å². The van der Waals surface area contributed by atoms with Crippen LogP contribution in [0.15, 0.2) is 24.4 Å². The Labute approximate surface area is 130 Å². The Kier molecular flexibility index (Phi) is 4.18. The average molecular weight is 302 g/mol. The molecule has 0 spiro atoms. The number of hydrogen-bond acceptors (Lipinski definition) is 5. The van der Waals surface area contributed by atoms with Crippen molar-refractivity contribution in [2.45, 2.75) is 25.4 Å². The van der Waals surface area contributed by atoms with Gasteiger partial charge in [-0.15, -0.1) is 0 Å². The molecule has 2 aromatic rings. The Morgan fingerprint density at radius 3 is 2.86 bits per heavy atom. The molecule has 0 bridgehead atoms. The van der Waals surface area contributed by atoms with E-state index in [2.05, 4.69) is 10.3 Å². The normalized spacial score (nSPS) is 17.4. The number of rotatable bonds is 4. The number of benzene rings is 1. The van der Waals surface area contributed by atoms with Crippen LogP contribution in [-0.2, 0) is 4.74 Å². The first kappa shape index (κ1) is 15.1. The molecule has 1 aliphatic heterocycles. The molecule has 0 atom stereocenters. The number of hydrogen-bond donors (Lipinski definition) is 2. The number of pyridine rings is 1. The van der Waals surface area contributed by atoms with Gasteiger partial charge in [-0.1, -0.05) is 12.1 Å². The van der Waals surface area contributed by atoms with Crippen molar-refractivity contribution in [2.24, 2.45) is 0 Å². The number of anilines is 1. The number of aromatic nitrogens is 1. The number of nitrogens with zero attached hydrogens (tertiary/aromatic N) is 1. The zero-order valence-electron chi connectivity index (χ0n) is 13.1. The predicted molar refractivity (Wildman–Crippen MR) is 86.5 cm³/mol. The lowest BCUT2D eigenvalue weighted by molar-refractivity contribution is -0.0543. The minimum Gasteiger partial charge on any atom is -0.494 e. The smallest absolute Gasteiger partial charge is 0.145 e. The Morgan fingerprint density at radius 2 is 2.14 bits per heavy atom. The van der Waals surface area contributed by atoms with Gasteiger partial charge in [0.1, 0.15) is 11.3 Å². The lowest BCUT2D eigenvalue weighted by Gasteiger charge is -2.32. The van der Waals surface area contributed by atoms with Crippen LogP contribution in [0.2, 0.25) is 0 Å². The van der Waals surface area contributed by atoms with Crippen molar-refractivity contribution in [3.8, 4) is 5.75 Å². The van der Waals surface area contributed by atoms with E-state index in [4.69, 9.17) is 9.47 Å². The van der Waals surface area contributed by atoms with Gasteiger partial charge in [0.2, 0.25) is 0 Å². The van der Waals surface area contributed by atoms with Crippen molar-refractivity contribution in [3.05, 3.63) is 30.0 Å². The number of aliphatic hydroxyl groups is 1. The summed E-state index contributed by atoms with van der Waals surface area (Å²) >= 11 is 0. The maximum atomic E-state index is 10.6. The Bertz CT molecular complexity index is 666. The minimum atomic E-state index is -0.709. The van der Waals surface area contributed by atoms with Crippen molar-refractivity contribution in [1.29, 1.82) is 0 Å². The lowest BCUT2D eigenvalue weighted by atomic mass is 9.94. The molecule has 0 unspecified atom stereocenters. The topological polar surface area (TPSA) is 63.6 Å². The molecule has 118 valence electrons. The third-order valence-corrected chi connectivity index (χ3v) is 4.29. The molecule has 0 saturated carbocycles. The third-order valence-electron chi connectivity index (χ3n) is 4.29. The highest BCUT2D eigenvalue weighted by Crippen LogP contribution is 2.32. The van der Waals surface area contributed by atoms with Crippen molar-refractivity contribution < 1.29 is 14.6 Å². The number of nitrogens with one attached hydrogen (secondary N) is 1. The SMILES string of the molecule is COc1cccc2c(NCC3(O)CCOCC3)c(C)cnc12. The van der Waals surface area contributed by atoms with Crippen LogP contribution in [0.4, 0.5) is 5.69 Å². The number of para-hydroxylation sites is 1. The second-order valence-corrected chi connectivity index (χ2v) is 5.86. The van der Waals surface area contributed by atoms with Crippen LogP contribution in [0, 0.1) is 6.92 Å². The fourth-order valence-corrected chi connectivity index (χ4v) is 2.88. The molecule has 2 heterocycles. The van der Waals surface area contributed by atoms with E-state index >= 15 is 0 Å². The summed E-state index contributed by atoms with van der Waals surface area (Å²) in [5.74, 6) is 0.755. The summed E-state index contributed by atoms with van der Waals surface area (Å²) in [6, 6.07) is 5.88. The minimum absolute atomic E-state index is 0.507. The molecule has 2 N–H and O–H groups in total. The van der Waals surface area contributed by atoms with E-state index in [-0.39, 0.29) is 0 Å². The average Bonchev–Trinajstić information content (AvgIpc) is 2.54. The van der Waals surface area contributed by atoms with Crippen LogP contribution in [0.5, 0.6) is 5.75 Å². The standard InChI is InChI=1S/C17H22N2O3/c1-12-10-18-16-13(4-3-5-14(16)21-2)15(12)19-11-17(20)6-8-22-9-7-17/h3-5,10,20H,6-9,11H2,1-2H3,(H,18,19). The van der Waals surface area contributed by atoms with Gasteiger partial charge in [0.15, 0.2) is 0 Å². The van der Waals surface area contributed by atoms with Crippen molar-refractivity contribution in [2.75, 3.05) is 32.2 Å². The van der Waals surface area contributed by atoms with Crippen molar-refractivity contribution >= 4 is 16.6 Å². The van der Waals surface area contributed by atoms with Crippen LogP contribution in [0.25, 0.3) is 10.9 Å². The van der Waals surface area contributed by atoms with Crippen LogP contribution in [0.3, 0.4) is 0 Å². The van der Waals surface area contributed by atoms with Crippen molar-refractivity contribution in [1.82, 2.24) is 4.98 Å². The summed E-state index contributed by atoms with van der Waals surface area (Å²) in [4.78, 5) is 4.48. The van der Waals surface area contributed by atoms with Crippen LogP contribution in [-0.4, -0.2) is 42.6 Å². The molecular formula is C17H22N2O3. The van der Waals surface area contributed by atoms with Gasteiger partial charge in [0, 0.05) is 49.9 Å². The van der Waals surface area contributed by atoms with Gasteiger partial charge >= 0.3 is 0 Å². The Hall–Kier alpha value is -1.85. The molecule has 1 aromatic heterocycles. The molecule has 5 heteroatoms. The summed E-state index contributed by atoms with van der Waals surface area (Å²) in [5.41, 5.74) is 2.18. The maximum absolute atomic E-state index is 10.6. The summed E-state index contributed by atoms with van der Waals surface area (Å²) < 4.78 is 10.7. The first-order chi connectivity index (χ1) is 10.6. The summed E-state index contributed by atoms with van der Waals surface area (Å²) in [7, 11) is 1.65. The molecule has 1 fully saturated rings. The summed E-state index contributed by atoms with van der Waals surface area (Å²) in [6.45, 7) is 3.75. The molecular weight excluding hydrogens is 280 g/mol. The van der Waals surface area contributed by atoms with Gasteiger partial charge < -0.3 is 19.9 Å². The van der Waals surface area contributed by atoms with Gasteiger partial charge in [-0.25, -0.2) is 0 Å². The second kappa shape index (κ2) is 6.10. The first-order valence-electron chi connectivity index (χ1n) is 7.59. The van der Waals surface area contributed by atoms with E-state index in [1.807, 2.05) is 31.3 Å². The molecule has 0 radical (unpaired) electrons. The molecule has 5 nitrogen and oxygen atoms in total. The highest BCUT2D eigenvalue weighted by Gasteiger charge is 2.29. The quantitative estimate of drug-likeness (QED) is 0.908. The van der Waals surface area contributed by atoms with Crippen LogP contribution >= 0.6 is 0 Å². The number of fused-ring (bicyclic) bond motifs is 1. The maximum Gasteiger partial charge on any atom is 0.145 e. The monoisotopic (exact) mass is 302 g/mol. The van der Waals surface area contributed by atoms with E-state index in [1.54, 1.807) is 7.11 Å². The second-order valence-electron chi connectivity index (χ2n) is 5.86. The third kappa shape index (κ3) is 2.87. The molecule has 0 amide bonds. The Balaban J connectivity index is 1.91. The Morgan fingerprint density at radius 1 is 1.36 bits per heavy atom. The first-order valence-corrected chi connectivity index (χ1v) is 7.59. The van der Waals surface area contributed by atoms with Gasteiger partial charge in [-0.3, -0.25) is 4.98 Å². The summed E-state index contributed by atoms with van der Waals surface area (Å²) in [6.07, 6.45) is 3.15. The van der Waals surface area contributed by atoms with Crippen LogP contribution < -0.4 is 10.1 Å². The number of ether oxygens (including phenoxy) is 2. The molecule has 1 saturated heterocycles. The van der Waals surface area contributed by atoms with Gasteiger partial charge in [0.25, 0.3) is 0 Å². The van der Waals surface area contributed by atoms with Crippen molar-refractivity contribution in [3.63, 3.8) is 0 Å². The van der Waals surface area contributed by atoms with Gasteiger partial charge in [-0.05, 0) is 18.6 Å². The summed E-state index contributed by atoms with van der Waals surface area (Å²) in [5, 5.41) is 15.0. The highest BCUT2D eigenvalue weighted by molar-refractivity contribution is 5.96. The van der Waals surface area contributed by atoms with Gasteiger partial charge in [0.05, 0.1) is 12.7 Å². The molecule has 0 aliphatic carbocycles. The largest absolute Gasteiger partial charge is 0.494 e. The fraction of sp³-hybridized carbons (Fsp3) is 0.471. The molecule has 1 aliphatic rings. The molecule has 3 rings (SSSR count).